The Morgan fingerprint density at radius 3 is 3.06 bits per heavy atom. The highest BCUT2D eigenvalue weighted by Gasteiger charge is 1.97. The molecule has 1 N–H and O–H groups in total. The average Bonchev–Trinajstić information content (AvgIpc) is 2.79. The second-order valence-electron chi connectivity index (χ2n) is 3.30. The summed E-state index contributed by atoms with van der Waals surface area (Å²) in [6.07, 6.45) is 8.09. The molecule has 0 saturated heterocycles. The molecule has 2 heterocycles. The van der Waals surface area contributed by atoms with Crippen LogP contribution in [0.15, 0.2) is 35.3 Å². The Hall–Kier alpha value is -1.43. The van der Waals surface area contributed by atoms with Crippen molar-refractivity contribution >= 4 is 21.6 Å². The molecule has 84 valence electrons. The van der Waals surface area contributed by atoms with Crippen molar-refractivity contribution < 1.29 is 0 Å². The van der Waals surface area contributed by atoms with Gasteiger partial charge in [-0.15, -0.1) is 5.10 Å². The topological polar surface area (TPSA) is 55.6 Å². The Morgan fingerprint density at radius 1 is 1.38 bits per heavy atom. The van der Waals surface area contributed by atoms with Crippen LogP contribution in [0.4, 0.5) is 5.69 Å². The second-order valence-corrected chi connectivity index (χ2v) is 4.16. The molecule has 0 unspecified atom stereocenters. The Kier molecular flexibility index (Phi) is 3.87. The Balaban J connectivity index is 1.74. The molecule has 0 aliphatic rings. The summed E-state index contributed by atoms with van der Waals surface area (Å²) in [5.41, 5.74) is 1.06. The van der Waals surface area contributed by atoms with Gasteiger partial charge < -0.3 is 5.32 Å². The van der Waals surface area contributed by atoms with Gasteiger partial charge >= 0.3 is 0 Å². The van der Waals surface area contributed by atoms with Gasteiger partial charge in [0, 0.05) is 31.7 Å². The lowest BCUT2D eigenvalue weighted by molar-refractivity contribution is 0.570. The number of hydrogen-bond acceptors (Lipinski definition) is 4. The SMILES string of the molecule is Brc1cnccc1NCCCn1ccnn1. The first kappa shape index (κ1) is 11.1. The zero-order valence-corrected chi connectivity index (χ0v) is 10.3. The molecule has 2 rings (SSSR count). The van der Waals surface area contributed by atoms with E-state index in [1.165, 1.54) is 0 Å². The van der Waals surface area contributed by atoms with Gasteiger partial charge in [-0.3, -0.25) is 9.67 Å². The van der Waals surface area contributed by atoms with Gasteiger partial charge in [-0.1, -0.05) is 5.21 Å². The molecule has 0 fully saturated rings. The summed E-state index contributed by atoms with van der Waals surface area (Å²) in [7, 11) is 0. The minimum absolute atomic E-state index is 0.871. The number of nitrogens with one attached hydrogen (secondary N) is 1. The van der Waals surface area contributed by atoms with E-state index in [4.69, 9.17) is 0 Å². The molecule has 0 saturated carbocycles. The fourth-order valence-corrected chi connectivity index (χ4v) is 1.73. The van der Waals surface area contributed by atoms with Gasteiger partial charge in [-0.05, 0) is 28.4 Å². The molecule has 0 aromatic carbocycles. The Labute approximate surface area is 102 Å². The smallest absolute Gasteiger partial charge is 0.0692 e. The largest absolute Gasteiger partial charge is 0.384 e. The molecule has 2 aromatic rings. The van der Waals surface area contributed by atoms with E-state index in [0.717, 1.165) is 29.7 Å². The summed E-state index contributed by atoms with van der Waals surface area (Å²) in [4.78, 5) is 4.00. The van der Waals surface area contributed by atoms with Crippen LogP contribution in [0.2, 0.25) is 0 Å². The van der Waals surface area contributed by atoms with Crippen LogP contribution in [0, 0.1) is 0 Å². The normalized spacial score (nSPS) is 10.3. The molecule has 6 heteroatoms. The highest BCUT2D eigenvalue weighted by Crippen LogP contribution is 2.19. The average molecular weight is 282 g/mol. The lowest BCUT2D eigenvalue weighted by Gasteiger charge is -2.07. The number of aromatic nitrogens is 4. The summed E-state index contributed by atoms with van der Waals surface area (Å²) in [5, 5.41) is 11.0. The summed E-state index contributed by atoms with van der Waals surface area (Å²) < 4.78 is 2.80. The molecule has 0 amide bonds. The number of anilines is 1. The minimum atomic E-state index is 0.871. The second kappa shape index (κ2) is 5.60. The standard InChI is InChI=1S/C10H12BrN5/c11-9-8-12-4-2-10(9)13-3-1-6-16-7-5-14-15-16/h2,4-5,7-8H,1,3,6H2,(H,12,13). The van der Waals surface area contributed by atoms with Crippen molar-refractivity contribution in [3.63, 3.8) is 0 Å². The minimum Gasteiger partial charge on any atom is -0.384 e. The monoisotopic (exact) mass is 281 g/mol. The van der Waals surface area contributed by atoms with Gasteiger partial charge in [0.25, 0.3) is 0 Å². The molecule has 5 nitrogen and oxygen atoms in total. The molecule has 2 aromatic heterocycles. The predicted octanol–water partition coefficient (Wildman–Crippen LogP) is 1.94. The maximum Gasteiger partial charge on any atom is 0.0692 e. The quantitative estimate of drug-likeness (QED) is 0.851. The molecule has 0 atom stereocenters. The Morgan fingerprint density at radius 2 is 2.31 bits per heavy atom. The zero-order valence-electron chi connectivity index (χ0n) is 8.67. The van der Waals surface area contributed by atoms with Crippen molar-refractivity contribution in [2.75, 3.05) is 11.9 Å². The van der Waals surface area contributed by atoms with Crippen LogP contribution < -0.4 is 5.32 Å². The number of rotatable bonds is 5. The first-order chi connectivity index (χ1) is 7.86. The molecule has 0 bridgehead atoms. The lowest BCUT2D eigenvalue weighted by atomic mass is 10.3. The summed E-state index contributed by atoms with van der Waals surface area (Å²) >= 11 is 3.43. The molecule has 0 radical (unpaired) electrons. The molecule has 0 aliphatic heterocycles. The third-order valence-corrected chi connectivity index (χ3v) is 2.76. The fraction of sp³-hybridized carbons (Fsp3) is 0.300. The van der Waals surface area contributed by atoms with Crippen LogP contribution in [0.3, 0.4) is 0 Å². The fourth-order valence-electron chi connectivity index (χ4n) is 1.33. The van der Waals surface area contributed by atoms with E-state index in [1.807, 2.05) is 16.9 Å². The van der Waals surface area contributed by atoms with Crippen molar-refractivity contribution in [2.45, 2.75) is 13.0 Å². The maximum atomic E-state index is 4.00. The third-order valence-electron chi connectivity index (χ3n) is 2.12. The number of hydrogen-bond donors (Lipinski definition) is 1. The van der Waals surface area contributed by atoms with Crippen LogP contribution in [0.25, 0.3) is 0 Å². The maximum absolute atomic E-state index is 4.00. The summed E-state index contributed by atoms with van der Waals surface area (Å²) in [6, 6.07) is 1.94. The predicted molar refractivity (Wildman–Crippen MR) is 65.1 cm³/mol. The van der Waals surface area contributed by atoms with Gasteiger partial charge in [0.05, 0.1) is 16.4 Å². The molecular weight excluding hydrogens is 270 g/mol. The van der Waals surface area contributed by atoms with Gasteiger partial charge in [0.15, 0.2) is 0 Å². The summed E-state index contributed by atoms with van der Waals surface area (Å²) in [6.45, 7) is 1.76. The van der Waals surface area contributed by atoms with Gasteiger partial charge in [-0.25, -0.2) is 0 Å². The number of pyridine rings is 1. The van der Waals surface area contributed by atoms with Crippen molar-refractivity contribution in [2.24, 2.45) is 0 Å². The van der Waals surface area contributed by atoms with E-state index >= 15 is 0 Å². The highest BCUT2D eigenvalue weighted by atomic mass is 79.9. The van der Waals surface area contributed by atoms with Gasteiger partial charge in [0.1, 0.15) is 0 Å². The van der Waals surface area contributed by atoms with E-state index < -0.39 is 0 Å². The number of nitrogens with zero attached hydrogens (tertiary/aromatic N) is 4. The van der Waals surface area contributed by atoms with Gasteiger partial charge in [0.2, 0.25) is 0 Å². The van der Waals surface area contributed by atoms with E-state index in [9.17, 15) is 0 Å². The van der Waals surface area contributed by atoms with Crippen molar-refractivity contribution in [1.82, 2.24) is 20.0 Å². The number of aryl methyl sites for hydroxylation is 1. The van der Waals surface area contributed by atoms with E-state index in [1.54, 1.807) is 18.6 Å². The molecule has 16 heavy (non-hydrogen) atoms. The zero-order chi connectivity index (χ0) is 11.2. The van der Waals surface area contributed by atoms with Crippen molar-refractivity contribution in [1.29, 1.82) is 0 Å². The van der Waals surface area contributed by atoms with Crippen LogP contribution in [0.5, 0.6) is 0 Å². The number of halogens is 1. The molecular formula is C10H12BrN5. The van der Waals surface area contributed by atoms with Crippen LogP contribution >= 0.6 is 15.9 Å². The van der Waals surface area contributed by atoms with Crippen LogP contribution in [0.1, 0.15) is 6.42 Å². The van der Waals surface area contributed by atoms with Crippen molar-refractivity contribution in [3.8, 4) is 0 Å². The van der Waals surface area contributed by atoms with Gasteiger partial charge in [-0.2, -0.15) is 0 Å². The highest BCUT2D eigenvalue weighted by molar-refractivity contribution is 9.10. The molecule has 0 spiro atoms. The van der Waals surface area contributed by atoms with Crippen molar-refractivity contribution in [3.05, 3.63) is 35.3 Å². The summed E-state index contributed by atoms with van der Waals surface area (Å²) in [5.74, 6) is 0. The first-order valence-electron chi connectivity index (χ1n) is 5.04. The van der Waals surface area contributed by atoms with E-state index in [0.29, 0.717) is 0 Å². The third kappa shape index (κ3) is 3.03. The molecule has 0 aliphatic carbocycles. The first-order valence-corrected chi connectivity index (χ1v) is 5.83. The lowest BCUT2D eigenvalue weighted by Crippen LogP contribution is -2.07. The Bertz CT molecular complexity index is 429. The van der Waals surface area contributed by atoms with E-state index in [2.05, 4.69) is 36.5 Å². The van der Waals surface area contributed by atoms with E-state index in [-0.39, 0.29) is 0 Å². The van der Waals surface area contributed by atoms with Crippen LogP contribution in [-0.2, 0) is 6.54 Å². The van der Waals surface area contributed by atoms with Crippen LogP contribution in [-0.4, -0.2) is 26.5 Å².